The first kappa shape index (κ1) is 13.6. The molecule has 0 fully saturated rings. The summed E-state index contributed by atoms with van der Waals surface area (Å²) in [5.41, 5.74) is 1.37. The van der Waals surface area contributed by atoms with E-state index in [0.29, 0.717) is 21.1 Å². The van der Waals surface area contributed by atoms with Gasteiger partial charge in [-0.05, 0) is 12.1 Å². The molecule has 0 aliphatic heterocycles. The zero-order chi connectivity index (χ0) is 13.1. The lowest BCUT2D eigenvalue weighted by Gasteiger charge is -2.17. The number of benzene rings is 1. The SMILES string of the molecule is OCCO[C@H](CO)n1cnc2cc(Cl)c(Cl)cc21. The molecule has 18 heavy (non-hydrogen) atoms. The van der Waals surface area contributed by atoms with Gasteiger partial charge in [-0.3, -0.25) is 0 Å². The maximum absolute atomic E-state index is 9.29. The van der Waals surface area contributed by atoms with Crippen LogP contribution in [-0.4, -0.2) is 39.6 Å². The summed E-state index contributed by atoms with van der Waals surface area (Å²) in [5.74, 6) is 0. The summed E-state index contributed by atoms with van der Waals surface area (Å²) >= 11 is 11.9. The minimum atomic E-state index is -0.612. The second-order valence-electron chi connectivity index (χ2n) is 3.64. The number of halogens is 2. The fraction of sp³-hybridized carbons (Fsp3) is 0.364. The van der Waals surface area contributed by atoms with Gasteiger partial charge in [-0.25, -0.2) is 4.98 Å². The second-order valence-corrected chi connectivity index (χ2v) is 4.45. The largest absolute Gasteiger partial charge is 0.394 e. The van der Waals surface area contributed by atoms with Gasteiger partial charge in [0.25, 0.3) is 0 Å². The highest BCUT2D eigenvalue weighted by Crippen LogP contribution is 2.28. The van der Waals surface area contributed by atoms with Crippen molar-refractivity contribution in [1.29, 1.82) is 0 Å². The molecule has 7 heteroatoms. The van der Waals surface area contributed by atoms with E-state index in [1.807, 2.05) is 0 Å². The number of rotatable bonds is 5. The van der Waals surface area contributed by atoms with Gasteiger partial charge in [0, 0.05) is 0 Å². The van der Waals surface area contributed by atoms with Crippen molar-refractivity contribution in [3.63, 3.8) is 0 Å². The number of fused-ring (bicyclic) bond motifs is 1. The van der Waals surface area contributed by atoms with Crippen molar-refractivity contribution in [3.8, 4) is 0 Å². The zero-order valence-corrected chi connectivity index (χ0v) is 10.9. The quantitative estimate of drug-likeness (QED) is 0.882. The zero-order valence-electron chi connectivity index (χ0n) is 9.38. The third kappa shape index (κ3) is 2.60. The molecule has 0 radical (unpaired) electrons. The molecule has 98 valence electrons. The Bertz CT molecular complexity index is 544. The molecule has 0 amide bonds. The minimum absolute atomic E-state index is 0.115. The van der Waals surface area contributed by atoms with Crippen LogP contribution in [0.2, 0.25) is 10.0 Å². The van der Waals surface area contributed by atoms with E-state index in [0.717, 1.165) is 0 Å². The van der Waals surface area contributed by atoms with Gasteiger partial charge >= 0.3 is 0 Å². The number of aliphatic hydroxyl groups is 2. The standard InChI is InChI=1S/C11H12Cl2N2O3/c12-7-3-9-10(4-8(7)13)15(6-14-9)11(5-17)18-2-1-16/h3-4,6,11,16-17H,1-2,5H2/t11-/m1/s1. The summed E-state index contributed by atoms with van der Waals surface area (Å²) in [6, 6.07) is 3.31. The Balaban J connectivity index is 2.40. The molecule has 5 nitrogen and oxygen atoms in total. The molecule has 0 spiro atoms. The van der Waals surface area contributed by atoms with Crippen LogP contribution in [0.4, 0.5) is 0 Å². The van der Waals surface area contributed by atoms with Crippen LogP contribution < -0.4 is 0 Å². The number of ether oxygens (including phenoxy) is 1. The smallest absolute Gasteiger partial charge is 0.158 e. The summed E-state index contributed by atoms with van der Waals surface area (Å²) in [4.78, 5) is 4.16. The van der Waals surface area contributed by atoms with E-state index < -0.39 is 6.23 Å². The molecule has 0 aliphatic carbocycles. The fourth-order valence-corrected chi connectivity index (χ4v) is 1.98. The van der Waals surface area contributed by atoms with E-state index in [1.165, 1.54) is 6.33 Å². The molecule has 2 aromatic rings. The van der Waals surface area contributed by atoms with Crippen molar-refractivity contribution < 1.29 is 14.9 Å². The topological polar surface area (TPSA) is 67.5 Å². The van der Waals surface area contributed by atoms with E-state index in [1.54, 1.807) is 16.7 Å². The summed E-state index contributed by atoms with van der Waals surface area (Å²) in [6.45, 7) is -0.215. The average molecular weight is 291 g/mol. The van der Waals surface area contributed by atoms with Crippen LogP contribution in [0.25, 0.3) is 11.0 Å². The van der Waals surface area contributed by atoms with Gasteiger partial charge in [-0.2, -0.15) is 0 Å². The Morgan fingerprint density at radius 3 is 2.67 bits per heavy atom. The predicted molar refractivity (Wildman–Crippen MR) is 68.9 cm³/mol. The van der Waals surface area contributed by atoms with Gasteiger partial charge in [0.15, 0.2) is 6.23 Å². The predicted octanol–water partition coefficient (Wildman–Crippen LogP) is 1.84. The molecule has 2 rings (SSSR count). The summed E-state index contributed by atoms with van der Waals surface area (Å²) in [7, 11) is 0. The molecule has 2 N–H and O–H groups in total. The lowest BCUT2D eigenvalue weighted by atomic mass is 10.3. The maximum Gasteiger partial charge on any atom is 0.158 e. The lowest BCUT2D eigenvalue weighted by molar-refractivity contribution is -0.0441. The van der Waals surface area contributed by atoms with E-state index in [-0.39, 0.29) is 19.8 Å². The molecule has 0 aliphatic rings. The summed E-state index contributed by atoms with van der Waals surface area (Å²) < 4.78 is 6.96. The van der Waals surface area contributed by atoms with Crippen LogP contribution >= 0.6 is 23.2 Å². The molecule has 1 atom stereocenters. The van der Waals surface area contributed by atoms with E-state index in [2.05, 4.69) is 4.98 Å². The molecular weight excluding hydrogens is 279 g/mol. The van der Waals surface area contributed by atoms with Crippen LogP contribution in [0.1, 0.15) is 6.23 Å². The third-order valence-electron chi connectivity index (χ3n) is 2.48. The van der Waals surface area contributed by atoms with Gasteiger partial charge in [0.1, 0.15) is 0 Å². The van der Waals surface area contributed by atoms with Crippen LogP contribution in [0.3, 0.4) is 0 Å². The Morgan fingerprint density at radius 1 is 1.28 bits per heavy atom. The third-order valence-corrected chi connectivity index (χ3v) is 3.21. The van der Waals surface area contributed by atoms with Crippen molar-refractivity contribution in [1.82, 2.24) is 9.55 Å². The average Bonchev–Trinajstić information content (AvgIpc) is 2.74. The number of hydrogen-bond donors (Lipinski definition) is 2. The van der Waals surface area contributed by atoms with E-state index >= 15 is 0 Å². The first-order chi connectivity index (χ1) is 8.67. The van der Waals surface area contributed by atoms with Crippen LogP contribution in [0, 0.1) is 0 Å². The van der Waals surface area contributed by atoms with Crippen molar-refractivity contribution in [2.24, 2.45) is 0 Å². The maximum atomic E-state index is 9.29. The molecule has 0 bridgehead atoms. The Kier molecular flexibility index (Phi) is 4.42. The number of nitrogens with zero attached hydrogens (tertiary/aromatic N) is 2. The molecule has 0 unspecified atom stereocenters. The van der Waals surface area contributed by atoms with Gasteiger partial charge in [0.05, 0.1) is 47.2 Å². The number of aliphatic hydroxyl groups excluding tert-OH is 2. The van der Waals surface area contributed by atoms with Crippen LogP contribution in [0.5, 0.6) is 0 Å². The molecule has 0 saturated heterocycles. The summed E-state index contributed by atoms with van der Waals surface area (Å²) in [5, 5.41) is 18.9. The van der Waals surface area contributed by atoms with Crippen LogP contribution in [-0.2, 0) is 4.74 Å². The molecule has 0 saturated carbocycles. The highest BCUT2D eigenvalue weighted by molar-refractivity contribution is 6.42. The monoisotopic (exact) mass is 290 g/mol. The first-order valence-corrected chi connectivity index (χ1v) is 6.08. The molecule has 1 aromatic carbocycles. The highest BCUT2D eigenvalue weighted by Gasteiger charge is 2.14. The normalized spacial score (nSPS) is 13.1. The Hall–Kier alpha value is -0.850. The van der Waals surface area contributed by atoms with Crippen molar-refractivity contribution in [3.05, 3.63) is 28.5 Å². The lowest BCUT2D eigenvalue weighted by Crippen LogP contribution is -2.17. The molecule has 1 heterocycles. The number of aromatic nitrogens is 2. The van der Waals surface area contributed by atoms with Gasteiger partial charge in [0.2, 0.25) is 0 Å². The molecule has 1 aromatic heterocycles. The van der Waals surface area contributed by atoms with Crippen LogP contribution in [0.15, 0.2) is 18.5 Å². The highest BCUT2D eigenvalue weighted by atomic mass is 35.5. The van der Waals surface area contributed by atoms with Gasteiger partial charge < -0.3 is 19.5 Å². The minimum Gasteiger partial charge on any atom is -0.394 e. The van der Waals surface area contributed by atoms with Crippen molar-refractivity contribution in [2.45, 2.75) is 6.23 Å². The number of imidazole rings is 1. The Labute approximate surface area is 114 Å². The molecular formula is C11H12Cl2N2O3. The van der Waals surface area contributed by atoms with Gasteiger partial charge in [-0.15, -0.1) is 0 Å². The van der Waals surface area contributed by atoms with Crippen molar-refractivity contribution in [2.75, 3.05) is 19.8 Å². The van der Waals surface area contributed by atoms with E-state index in [9.17, 15) is 5.11 Å². The number of hydrogen-bond acceptors (Lipinski definition) is 4. The first-order valence-electron chi connectivity index (χ1n) is 5.32. The fourth-order valence-electron chi connectivity index (χ4n) is 1.66. The van der Waals surface area contributed by atoms with Gasteiger partial charge in [-0.1, -0.05) is 23.2 Å². The van der Waals surface area contributed by atoms with E-state index in [4.69, 9.17) is 33.0 Å². The summed E-state index contributed by atoms with van der Waals surface area (Å²) in [6.07, 6.45) is 0.926. The Morgan fingerprint density at radius 2 is 2.00 bits per heavy atom. The second kappa shape index (κ2) is 5.86. The van der Waals surface area contributed by atoms with Crippen molar-refractivity contribution >= 4 is 34.2 Å².